The van der Waals surface area contributed by atoms with Gasteiger partial charge < -0.3 is 4.74 Å². The molecule has 0 rings (SSSR count). The van der Waals surface area contributed by atoms with Crippen LogP contribution in [0.1, 0.15) is 6.42 Å². The van der Waals surface area contributed by atoms with E-state index in [1.54, 1.807) is 7.11 Å². The summed E-state index contributed by atoms with van der Waals surface area (Å²) in [7, 11) is 1.69. The van der Waals surface area contributed by atoms with Gasteiger partial charge in [0.15, 0.2) is 0 Å². The van der Waals surface area contributed by atoms with Gasteiger partial charge in [-0.2, -0.15) is 0 Å². The lowest BCUT2D eigenvalue weighted by atomic mass is 10.4. The molecule has 0 aliphatic rings. The molecule has 0 aromatic carbocycles. The maximum Gasteiger partial charge on any atom is 0.0643 e. The molecule has 0 saturated carbocycles. The Balaban J connectivity index is 2.83. The van der Waals surface area contributed by atoms with Crippen molar-refractivity contribution in [3.8, 4) is 0 Å². The Hall–Kier alpha value is 0.180. The Morgan fingerprint density at radius 2 is 2.25 bits per heavy atom. The van der Waals surface area contributed by atoms with Crippen molar-refractivity contribution < 1.29 is 4.74 Å². The highest BCUT2D eigenvalue weighted by molar-refractivity contribution is 9.09. The summed E-state index contributed by atoms with van der Waals surface area (Å²) >= 11 is 3.31. The van der Waals surface area contributed by atoms with E-state index in [1.165, 1.54) is 0 Å². The van der Waals surface area contributed by atoms with Crippen LogP contribution >= 0.6 is 15.9 Å². The molecule has 0 bridgehead atoms. The standard InChI is InChI=1S/C6H11BrO/c1-8-6-4-2-3-5-7/h2,4H,3,5-6H2,1H3/b4-2+. The monoisotopic (exact) mass is 178 g/mol. The van der Waals surface area contributed by atoms with Crippen LogP contribution in [0, 0.1) is 0 Å². The summed E-state index contributed by atoms with van der Waals surface area (Å²) in [5.41, 5.74) is 0. The molecule has 0 aromatic rings. The number of allylic oxidation sites excluding steroid dienone is 1. The molecule has 0 atom stereocenters. The van der Waals surface area contributed by atoms with E-state index in [-0.39, 0.29) is 0 Å². The quantitative estimate of drug-likeness (QED) is 0.473. The SMILES string of the molecule is COC/C=C/CCBr. The van der Waals surface area contributed by atoms with Gasteiger partial charge in [0.05, 0.1) is 6.61 Å². The fourth-order valence-corrected chi connectivity index (χ4v) is 0.609. The van der Waals surface area contributed by atoms with Crippen LogP contribution in [0.25, 0.3) is 0 Å². The Labute approximate surface area is 58.9 Å². The maximum absolute atomic E-state index is 4.79. The topological polar surface area (TPSA) is 9.23 Å². The van der Waals surface area contributed by atoms with Crippen molar-refractivity contribution in [3.05, 3.63) is 12.2 Å². The van der Waals surface area contributed by atoms with Gasteiger partial charge in [0, 0.05) is 12.4 Å². The summed E-state index contributed by atoms with van der Waals surface area (Å²) in [6, 6.07) is 0. The average Bonchev–Trinajstić information content (AvgIpc) is 1.81. The molecular weight excluding hydrogens is 168 g/mol. The Bertz CT molecular complexity index is 53.5. The minimum atomic E-state index is 0.729. The first-order chi connectivity index (χ1) is 3.91. The number of alkyl halides is 1. The van der Waals surface area contributed by atoms with Crippen molar-refractivity contribution >= 4 is 15.9 Å². The molecule has 0 aliphatic heterocycles. The van der Waals surface area contributed by atoms with Gasteiger partial charge in [-0.05, 0) is 6.42 Å². The van der Waals surface area contributed by atoms with Crippen LogP contribution in [0.15, 0.2) is 12.2 Å². The first-order valence-corrected chi connectivity index (χ1v) is 3.74. The molecule has 0 radical (unpaired) electrons. The zero-order valence-electron chi connectivity index (χ0n) is 5.06. The molecule has 0 fully saturated rings. The Morgan fingerprint density at radius 3 is 2.75 bits per heavy atom. The van der Waals surface area contributed by atoms with E-state index in [4.69, 9.17) is 4.74 Å². The third-order valence-electron chi connectivity index (χ3n) is 0.705. The van der Waals surface area contributed by atoms with Crippen LogP contribution < -0.4 is 0 Å². The molecule has 0 aromatic heterocycles. The van der Waals surface area contributed by atoms with Crippen molar-refractivity contribution in [2.75, 3.05) is 19.0 Å². The molecule has 0 heterocycles. The minimum absolute atomic E-state index is 0.729. The van der Waals surface area contributed by atoms with E-state index in [9.17, 15) is 0 Å². The van der Waals surface area contributed by atoms with Gasteiger partial charge in [-0.1, -0.05) is 28.1 Å². The molecule has 2 heteroatoms. The summed E-state index contributed by atoms with van der Waals surface area (Å²) in [5.74, 6) is 0. The highest BCUT2D eigenvalue weighted by Gasteiger charge is 1.72. The molecular formula is C6H11BrO. The van der Waals surface area contributed by atoms with Crippen molar-refractivity contribution in [2.45, 2.75) is 6.42 Å². The molecule has 0 amide bonds. The largest absolute Gasteiger partial charge is 0.381 e. The van der Waals surface area contributed by atoms with Gasteiger partial charge in [-0.15, -0.1) is 0 Å². The van der Waals surface area contributed by atoms with Crippen LogP contribution in [-0.2, 0) is 4.74 Å². The second kappa shape index (κ2) is 7.18. The highest BCUT2D eigenvalue weighted by atomic mass is 79.9. The molecule has 0 aliphatic carbocycles. The minimum Gasteiger partial charge on any atom is -0.381 e. The van der Waals surface area contributed by atoms with Gasteiger partial charge in [0.25, 0.3) is 0 Å². The number of rotatable bonds is 4. The van der Waals surface area contributed by atoms with E-state index in [0.29, 0.717) is 0 Å². The predicted molar refractivity (Wildman–Crippen MR) is 39.4 cm³/mol. The highest BCUT2D eigenvalue weighted by Crippen LogP contribution is 1.88. The number of hydrogen-bond donors (Lipinski definition) is 0. The van der Waals surface area contributed by atoms with Gasteiger partial charge in [0.2, 0.25) is 0 Å². The van der Waals surface area contributed by atoms with Gasteiger partial charge in [-0.25, -0.2) is 0 Å². The molecule has 48 valence electrons. The number of methoxy groups -OCH3 is 1. The van der Waals surface area contributed by atoms with Crippen molar-refractivity contribution in [3.63, 3.8) is 0 Å². The summed E-state index contributed by atoms with van der Waals surface area (Å²) in [6.45, 7) is 0.729. The summed E-state index contributed by atoms with van der Waals surface area (Å²) < 4.78 is 4.79. The maximum atomic E-state index is 4.79. The van der Waals surface area contributed by atoms with E-state index in [1.807, 2.05) is 6.08 Å². The van der Waals surface area contributed by atoms with Crippen LogP contribution in [0.3, 0.4) is 0 Å². The fourth-order valence-electron chi connectivity index (χ4n) is 0.345. The number of ether oxygens (including phenoxy) is 1. The fraction of sp³-hybridized carbons (Fsp3) is 0.667. The molecule has 0 N–H and O–H groups in total. The lowest BCUT2D eigenvalue weighted by Crippen LogP contribution is -1.79. The lowest BCUT2D eigenvalue weighted by Gasteiger charge is -1.85. The second-order valence-electron chi connectivity index (χ2n) is 1.40. The van der Waals surface area contributed by atoms with E-state index in [0.717, 1.165) is 18.4 Å². The molecule has 0 unspecified atom stereocenters. The van der Waals surface area contributed by atoms with Crippen molar-refractivity contribution in [1.82, 2.24) is 0 Å². The lowest BCUT2D eigenvalue weighted by molar-refractivity contribution is 0.233. The third-order valence-corrected chi connectivity index (χ3v) is 1.16. The van der Waals surface area contributed by atoms with Gasteiger partial charge in [0.1, 0.15) is 0 Å². The first kappa shape index (κ1) is 8.18. The molecule has 0 spiro atoms. The van der Waals surface area contributed by atoms with E-state index in [2.05, 4.69) is 22.0 Å². The van der Waals surface area contributed by atoms with E-state index >= 15 is 0 Å². The smallest absolute Gasteiger partial charge is 0.0643 e. The number of hydrogen-bond acceptors (Lipinski definition) is 1. The summed E-state index contributed by atoms with van der Waals surface area (Å²) in [5, 5.41) is 1.03. The van der Waals surface area contributed by atoms with Crippen molar-refractivity contribution in [2.24, 2.45) is 0 Å². The summed E-state index contributed by atoms with van der Waals surface area (Å²) in [4.78, 5) is 0. The predicted octanol–water partition coefficient (Wildman–Crippen LogP) is 1.97. The molecule has 1 nitrogen and oxygen atoms in total. The van der Waals surface area contributed by atoms with Crippen LogP contribution in [0.4, 0.5) is 0 Å². The normalized spacial score (nSPS) is 10.8. The van der Waals surface area contributed by atoms with E-state index < -0.39 is 0 Å². The zero-order valence-corrected chi connectivity index (χ0v) is 6.65. The van der Waals surface area contributed by atoms with Crippen LogP contribution in [0.2, 0.25) is 0 Å². The Kier molecular flexibility index (Phi) is 7.34. The molecule has 8 heavy (non-hydrogen) atoms. The van der Waals surface area contributed by atoms with Crippen LogP contribution in [-0.4, -0.2) is 19.0 Å². The zero-order chi connectivity index (χ0) is 6.24. The number of halogens is 1. The van der Waals surface area contributed by atoms with Gasteiger partial charge in [-0.3, -0.25) is 0 Å². The van der Waals surface area contributed by atoms with Crippen LogP contribution in [0.5, 0.6) is 0 Å². The summed E-state index contributed by atoms with van der Waals surface area (Å²) in [6.07, 6.45) is 5.20. The second-order valence-corrected chi connectivity index (χ2v) is 2.20. The first-order valence-electron chi connectivity index (χ1n) is 2.61. The van der Waals surface area contributed by atoms with Gasteiger partial charge >= 0.3 is 0 Å². The Morgan fingerprint density at radius 1 is 1.50 bits per heavy atom. The third kappa shape index (κ3) is 6.18. The molecule has 0 saturated heterocycles. The van der Waals surface area contributed by atoms with Crippen molar-refractivity contribution in [1.29, 1.82) is 0 Å². The average molecular weight is 179 g/mol.